The van der Waals surface area contributed by atoms with Gasteiger partial charge in [-0.1, -0.05) is 0 Å². The molecule has 0 unspecified atom stereocenters. The number of imidazole rings is 1. The fraction of sp³-hybridized carbons (Fsp3) is 0.368. The van der Waals surface area contributed by atoms with Crippen molar-refractivity contribution >= 4 is 11.3 Å². The summed E-state index contributed by atoms with van der Waals surface area (Å²) in [4.78, 5) is 12.8. The van der Waals surface area contributed by atoms with Crippen molar-refractivity contribution in [2.45, 2.75) is 26.9 Å². The lowest BCUT2D eigenvalue weighted by Crippen LogP contribution is -2.47. The SMILES string of the molecule is Cc1ccsc1CN1CC(Cn2c(C)cnc2-c2ccncc2)C1. The molecule has 0 aromatic carbocycles. The van der Waals surface area contributed by atoms with Crippen LogP contribution in [-0.4, -0.2) is 32.5 Å². The minimum Gasteiger partial charge on any atom is -0.328 e. The summed E-state index contributed by atoms with van der Waals surface area (Å²) < 4.78 is 2.35. The Bertz CT molecular complexity index is 815. The highest BCUT2D eigenvalue weighted by atomic mass is 32.1. The van der Waals surface area contributed by atoms with Crippen molar-refractivity contribution in [1.29, 1.82) is 0 Å². The molecular formula is C19H22N4S. The lowest BCUT2D eigenvalue weighted by atomic mass is 9.99. The van der Waals surface area contributed by atoms with Crippen molar-refractivity contribution in [3.63, 3.8) is 0 Å². The summed E-state index contributed by atoms with van der Waals surface area (Å²) >= 11 is 1.87. The number of nitrogens with zero attached hydrogens (tertiary/aromatic N) is 4. The van der Waals surface area contributed by atoms with Gasteiger partial charge in [0.25, 0.3) is 0 Å². The summed E-state index contributed by atoms with van der Waals surface area (Å²) in [7, 11) is 0. The van der Waals surface area contributed by atoms with E-state index in [9.17, 15) is 0 Å². The van der Waals surface area contributed by atoms with E-state index in [2.05, 4.69) is 44.7 Å². The summed E-state index contributed by atoms with van der Waals surface area (Å²) in [5, 5.41) is 2.19. The van der Waals surface area contributed by atoms with E-state index in [1.54, 1.807) is 0 Å². The highest BCUT2D eigenvalue weighted by Crippen LogP contribution is 2.27. The number of hydrogen-bond donors (Lipinski definition) is 0. The van der Waals surface area contributed by atoms with Crippen molar-refractivity contribution in [3.05, 3.63) is 58.3 Å². The second-order valence-electron chi connectivity index (χ2n) is 6.66. The molecule has 1 saturated heterocycles. The van der Waals surface area contributed by atoms with E-state index in [0.717, 1.165) is 24.5 Å². The molecule has 0 saturated carbocycles. The average molecular weight is 338 g/mol. The first kappa shape index (κ1) is 15.5. The van der Waals surface area contributed by atoms with Gasteiger partial charge in [0.05, 0.1) is 0 Å². The molecule has 0 atom stereocenters. The minimum absolute atomic E-state index is 0.707. The lowest BCUT2D eigenvalue weighted by Gasteiger charge is -2.39. The Kier molecular flexibility index (Phi) is 4.21. The van der Waals surface area contributed by atoms with Crippen LogP contribution in [0.5, 0.6) is 0 Å². The van der Waals surface area contributed by atoms with Gasteiger partial charge in [-0.15, -0.1) is 11.3 Å². The van der Waals surface area contributed by atoms with E-state index >= 15 is 0 Å². The van der Waals surface area contributed by atoms with Crippen LogP contribution in [0.3, 0.4) is 0 Å². The fourth-order valence-electron chi connectivity index (χ4n) is 3.37. The predicted molar refractivity (Wildman–Crippen MR) is 98.0 cm³/mol. The smallest absolute Gasteiger partial charge is 0.140 e. The van der Waals surface area contributed by atoms with Crippen molar-refractivity contribution in [2.75, 3.05) is 13.1 Å². The Morgan fingerprint density at radius 2 is 1.96 bits per heavy atom. The molecule has 1 aliphatic heterocycles. The molecule has 0 radical (unpaired) electrons. The van der Waals surface area contributed by atoms with Crippen LogP contribution in [0.15, 0.2) is 42.2 Å². The Morgan fingerprint density at radius 3 is 2.67 bits per heavy atom. The van der Waals surface area contributed by atoms with Gasteiger partial charge in [-0.25, -0.2) is 4.98 Å². The summed E-state index contributed by atoms with van der Waals surface area (Å²) in [6, 6.07) is 6.28. The molecule has 0 N–H and O–H groups in total. The molecule has 0 aliphatic carbocycles. The number of pyridine rings is 1. The molecular weight excluding hydrogens is 316 g/mol. The molecule has 1 fully saturated rings. The number of thiophene rings is 1. The molecule has 4 heterocycles. The van der Waals surface area contributed by atoms with Gasteiger partial charge in [-0.2, -0.15) is 0 Å². The Morgan fingerprint density at radius 1 is 1.17 bits per heavy atom. The number of aromatic nitrogens is 3. The van der Waals surface area contributed by atoms with Crippen LogP contribution in [0.2, 0.25) is 0 Å². The van der Waals surface area contributed by atoms with Crippen molar-refractivity contribution in [1.82, 2.24) is 19.4 Å². The van der Waals surface area contributed by atoms with Crippen LogP contribution in [0.4, 0.5) is 0 Å². The number of likely N-dealkylation sites (tertiary alicyclic amines) is 1. The fourth-order valence-corrected chi connectivity index (χ4v) is 4.32. The van der Waals surface area contributed by atoms with Gasteiger partial charge in [-0.3, -0.25) is 9.88 Å². The van der Waals surface area contributed by atoms with E-state index in [0.29, 0.717) is 5.92 Å². The third-order valence-corrected chi connectivity index (χ3v) is 5.81. The molecule has 5 heteroatoms. The summed E-state index contributed by atoms with van der Waals surface area (Å²) in [5.41, 5.74) is 3.80. The maximum Gasteiger partial charge on any atom is 0.140 e. The first-order chi connectivity index (χ1) is 11.7. The molecule has 24 heavy (non-hydrogen) atoms. The topological polar surface area (TPSA) is 34.0 Å². The zero-order valence-corrected chi connectivity index (χ0v) is 15.0. The van der Waals surface area contributed by atoms with Gasteiger partial charge < -0.3 is 4.57 Å². The standard InChI is InChI=1S/C19H22N4S/c1-14-5-8-24-18(14)13-22-10-16(11-22)12-23-15(2)9-21-19(23)17-3-6-20-7-4-17/h3-9,16H,10-13H2,1-2H3. The van der Waals surface area contributed by atoms with E-state index in [1.807, 2.05) is 42.1 Å². The maximum atomic E-state index is 4.61. The zero-order chi connectivity index (χ0) is 16.5. The molecule has 1 aliphatic rings. The van der Waals surface area contributed by atoms with Gasteiger partial charge in [0.15, 0.2) is 0 Å². The monoisotopic (exact) mass is 338 g/mol. The van der Waals surface area contributed by atoms with Crippen LogP contribution in [0.1, 0.15) is 16.1 Å². The van der Waals surface area contributed by atoms with Gasteiger partial charge >= 0.3 is 0 Å². The van der Waals surface area contributed by atoms with E-state index in [4.69, 9.17) is 0 Å². The lowest BCUT2D eigenvalue weighted by molar-refractivity contribution is 0.0812. The van der Waals surface area contributed by atoms with E-state index < -0.39 is 0 Å². The van der Waals surface area contributed by atoms with Crippen molar-refractivity contribution < 1.29 is 0 Å². The highest BCUT2D eigenvalue weighted by molar-refractivity contribution is 7.10. The predicted octanol–water partition coefficient (Wildman–Crippen LogP) is 3.76. The summed E-state index contributed by atoms with van der Waals surface area (Å²) in [5.74, 6) is 1.77. The Hall–Kier alpha value is -1.98. The van der Waals surface area contributed by atoms with Crippen molar-refractivity contribution in [2.24, 2.45) is 5.92 Å². The van der Waals surface area contributed by atoms with Gasteiger partial charge in [0.1, 0.15) is 5.82 Å². The van der Waals surface area contributed by atoms with Crippen molar-refractivity contribution in [3.8, 4) is 11.4 Å². The maximum absolute atomic E-state index is 4.61. The third kappa shape index (κ3) is 3.01. The molecule has 4 nitrogen and oxygen atoms in total. The molecule has 3 aromatic heterocycles. The first-order valence-electron chi connectivity index (χ1n) is 8.38. The number of rotatable bonds is 5. The largest absolute Gasteiger partial charge is 0.328 e. The highest BCUT2D eigenvalue weighted by Gasteiger charge is 2.28. The molecule has 0 amide bonds. The van der Waals surface area contributed by atoms with Crippen LogP contribution in [-0.2, 0) is 13.1 Å². The second-order valence-corrected chi connectivity index (χ2v) is 7.66. The molecule has 4 rings (SSSR count). The normalized spacial score (nSPS) is 15.6. The molecule has 3 aromatic rings. The minimum atomic E-state index is 0.707. The van der Waals surface area contributed by atoms with E-state index in [-0.39, 0.29) is 0 Å². The quantitative estimate of drug-likeness (QED) is 0.710. The average Bonchev–Trinajstić information content (AvgIpc) is 3.13. The Balaban J connectivity index is 1.41. The molecule has 124 valence electrons. The summed E-state index contributed by atoms with van der Waals surface area (Å²) in [6.45, 7) is 8.83. The number of hydrogen-bond acceptors (Lipinski definition) is 4. The molecule has 0 spiro atoms. The van der Waals surface area contributed by atoms with Crippen LogP contribution in [0, 0.1) is 19.8 Å². The van der Waals surface area contributed by atoms with Gasteiger partial charge in [0, 0.05) is 66.8 Å². The Labute approximate surface area is 146 Å². The van der Waals surface area contributed by atoms with Crippen LogP contribution in [0.25, 0.3) is 11.4 Å². The van der Waals surface area contributed by atoms with E-state index in [1.165, 1.54) is 29.2 Å². The second kappa shape index (κ2) is 6.49. The van der Waals surface area contributed by atoms with Crippen LogP contribution < -0.4 is 0 Å². The summed E-state index contributed by atoms with van der Waals surface area (Å²) in [6.07, 6.45) is 5.64. The number of aryl methyl sites for hydroxylation is 2. The van der Waals surface area contributed by atoms with Crippen LogP contribution >= 0.6 is 11.3 Å². The third-order valence-electron chi connectivity index (χ3n) is 4.80. The van der Waals surface area contributed by atoms with Gasteiger partial charge in [-0.05, 0) is 43.0 Å². The van der Waals surface area contributed by atoms with Gasteiger partial charge in [0.2, 0.25) is 0 Å². The first-order valence-corrected chi connectivity index (χ1v) is 9.26. The zero-order valence-electron chi connectivity index (χ0n) is 14.1. The molecule has 0 bridgehead atoms.